The van der Waals surface area contributed by atoms with Crippen LogP contribution in [-0.2, 0) is 6.54 Å². The standard InChI is InChI=1S/C15H14N2O4/c18-13-4-2-1-3-12(13)17-15(21)16-9-10-5-7-11(8-6-10)14(19)20/h1-8,18H,9H2,(H,19,20)(H2,16,17,21). The predicted octanol–water partition coefficient (Wildman–Crippen LogP) is 2.41. The van der Waals surface area contributed by atoms with Crippen LogP contribution in [0.4, 0.5) is 10.5 Å². The highest BCUT2D eigenvalue weighted by molar-refractivity contribution is 5.90. The summed E-state index contributed by atoms with van der Waals surface area (Å²) in [7, 11) is 0. The minimum atomic E-state index is -0.994. The molecule has 0 saturated carbocycles. The normalized spacial score (nSPS) is 9.90. The van der Waals surface area contributed by atoms with Crippen LogP contribution in [0.2, 0.25) is 0 Å². The van der Waals surface area contributed by atoms with Crippen LogP contribution in [0.1, 0.15) is 15.9 Å². The molecular weight excluding hydrogens is 272 g/mol. The van der Waals surface area contributed by atoms with Crippen LogP contribution in [0.5, 0.6) is 5.75 Å². The van der Waals surface area contributed by atoms with Gasteiger partial charge >= 0.3 is 12.0 Å². The predicted molar refractivity (Wildman–Crippen MR) is 77.4 cm³/mol. The maximum atomic E-state index is 11.7. The molecule has 0 spiro atoms. The molecule has 2 rings (SSSR count). The fourth-order valence-corrected chi connectivity index (χ4v) is 1.69. The van der Waals surface area contributed by atoms with Crippen molar-refractivity contribution in [2.45, 2.75) is 6.54 Å². The first-order valence-electron chi connectivity index (χ1n) is 6.21. The van der Waals surface area contributed by atoms with Gasteiger partial charge in [-0.15, -0.1) is 0 Å². The van der Waals surface area contributed by atoms with E-state index in [0.717, 1.165) is 5.56 Å². The van der Waals surface area contributed by atoms with E-state index in [1.165, 1.54) is 18.2 Å². The van der Waals surface area contributed by atoms with E-state index in [9.17, 15) is 14.7 Å². The van der Waals surface area contributed by atoms with Crippen LogP contribution in [0.3, 0.4) is 0 Å². The second kappa shape index (κ2) is 6.42. The number of phenols is 1. The van der Waals surface area contributed by atoms with Crippen molar-refractivity contribution in [3.63, 3.8) is 0 Å². The summed E-state index contributed by atoms with van der Waals surface area (Å²) >= 11 is 0. The molecule has 0 aliphatic rings. The Morgan fingerprint density at radius 1 is 1.00 bits per heavy atom. The minimum Gasteiger partial charge on any atom is -0.506 e. The van der Waals surface area contributed by atoms with Gasteiger partial charge in [-0.3, -0.25) is 0 Å². The third-order valence-corrected chi connectivity index (χ3v) is 2.81. The zero-order chi connectivity index (χ0) is 15.2. The number of amides is 2. The number of aromatic hydroxyl groups is 1. The Balaban J connectivity index is 1.89. The van der Waals surface area contributed by atoms with E-state index in [1.54, 1.807) is 30.3 Å². The second-order valence-corrected chi connectivity index (χ2v) is 4.33. The van der Waals surface area contributed by atoms with Gasteiger partial charge in [0.1, 0.15) is 5.75 Å². The maximum Gasteiger partial charge on any atom is 0.335 e. The van der Waals surface area contributed by atoms with Gasteiger partial charge in [0.25, 0.3) is 0 Å². The van der Waals surface area contributed by atoms with Crippen LogP contribution in [0, 0.1) is 0 Å². The first-order valence-corrected chi connectivity index (χ1v) is 6.21. The Hall–Kier alpha value is -3.02. The fourth-order valence-electron chi connectivity index (χ4n) is 1.69. The minimum absolute atomic E-state index is 0.0153. The van der Waals surface area contributed by atoms with Crippen molar-refractivity contribution in [2.24, 2.45) is 0 Å². The molecular formula is C15H14N2O4. The van der Waals surface area contributed by atoms with E-state index in [2.05, 4.69) is 10.6 Å². The van der Waals surface area contributed by atoms with Gasteiger partial charge in [0.05, 0.1) is 11.3 Å². The third-order valence-electron chi connectivity index (χ3n) is 2.81. The lowest BCUT2D eigenvalue weighted by atomic mass is 10.1. The molecule has 0 aliphatic carbocycles. The van der Waals surface area contributed by atoms with Crippen molar-refractivity contribution in [1.82, 2.24) is 5.32 Å². The van der Waals surface area contributed by atoms with E-state index < -0.39 is 12.0 Å². The van der Waals surface area contributed by atoms with Gasteiger partial charge in [0, 0.05) is 6.54 Å². The van der Waals surface area contributed by atoms with Crippen molar-refractivity contribution in [2.75, 3.05) is 5.32 Å². The summed E-state index contributed by atoms with van der Waals surface area (Å²) in [5, 5.41) is 23.4. The Labute approximate surface area is 121 Å². The summed E-state index contributed by atoms with van der Waals surface area (Å²) < 4.78 is 0. The number of rotatable bonds is 4. The molecule has 2 aromatic carbocycles. The van der Waals surface area contributed by atoms with Crippen molar-refractivity contribution in [3.05, 3.63) is 59.7 Å². The molecule has 0 fully saturated rings. The van der Waals surface area contributed by atoms with Gasteiger partial charge in [-0.2, -0.15) is 0 Å². The summed E-state index contributed by atoms with van der Waals surface area (Å²) in [6.07, 6.45) is 0. The molecule has 21 heavy (non-hydrogen) atoms. The summed E-state index contributed by atoms with van der Waals surface area (Å²) in [6.45, 7) is 0.249. The molecule has 0 aromatic heterocycles. The summed E-state index contributed by atoms with van der Waals surface area (Å²) in [4.78, 5) is 22.4. The van der Waals surface area contributed by atoms with E-state index in [1.807, 2.05) is 0 Å². The Bertz CT molecular complexity index is 653. The van der Waals surface area contributed by atoms with Crippen molar-refractivity contribution < 1.29 is 19.8 Å². The topological polar surface area (TPSA) is 98.7 Å². The second-order valence-electron chi connectivity index (χ2n) is 4.33. The first-order chi connectivity index (χ1) is 10.1. The summed E-state index contributed by atoms with van der Waals surface area (Å²) in [6, 6.07) is 12.1. The molecule has 0 unspecified atom stereocenters. The van der Waals surface area contributed by atoms with Gasteiger partial charge in [0.2, 0.25) is 0 Å². The number of carboxylic acid groups (broad SMARTS) is 1. The zero-order valence-corrected chi connectivity index (χ0v) is 11.0. The first kappa shape index (κ1) is 14.4. The lowest BCUT2D eigenvalue weighted by Gasteiger charge is -2.09. The van der Waals surface area contributed by atoms with E-state index in [-0.39, 0.29) is 17.9 Å². The Kier molecular flexibility index (Phi) is 4.40. The van der Waals surface area contributed by atoms with Gasteiger partial charge in [0.15, 0.2) is 0 Å². The molecule has 6 heteroatoms. The number of hydrogen-bond acceptors (Lipinski definition) is 3. The molecule has 4 N–H and O–H groups in total. The highest BCUT2D eigenvalue weighted by atomic mass is 16.4. The van der Waals surface area contributed by atoms with Gasteiger partial charge in [-0.1, -0.05) is 24.3 Å². The maximum absolute atomic E-state index is 11.7. The fraction of sp³-hybridized carbons (Fsp3) is 0.0667. The number of carboxylic acids is 1. The number of urea groups is 1. The van der Waals surface area contributed by atoms with E-state index in [4.69, 9.17) is 5.11 Å². The molecule has 0 aliphatic heterocycles. The third kappa shape index (κ3) is 3.97. The molecule has 6 nitrogen and oxygen atoms in total. The molecule has 0 heterocycles. The zero-order valence-electron chi connectivity index (χ0n) is 11.0. The molecule has 0 saturated heterocycles. The smallest absolute Gasteiger partial charge is 0.335 e. The number of para-hydroxylation sites is 2. The number of nitrogens with one attached hydrogen (secondary N) is 2. The lowest BCUT2D eigenvalue weighted by molar-refractivity contribution is 0.0697. The molecule has 0 radical (unpaired) electrons. The van der Waals surface area contributed by atoms with Crippen LogP contribution in [-0.4, -0.2) is 22.2 Å². The number of carbonyl (C=O) groups is 2. The Morgan fingerprint density at radius 2 is 1.67 bits per heavy atom. The summed E-state index contributed by atoms with van der Waals surface area (Å²) in [5.74, 6) is -1.01. The number of phenolic OH excluding ortho intramolecular Hbond substituents is 1. The average Bonchev–Trinajstić information content (AvgIpc) is 2.48. The number of carbonyl (C=O) groups excluding carboxylic acids is 1. The van der Waals surface area contributed by atoms with E-state index in [0.29, 0.717) is 5.69 Å². The van der Waals surface area contributed by atoms with Crippen LogP contribution in [0.15, 0.2) is 48.5 Å². The van der Waals surface area contributed by atoms with Gasteiger partial charge in [-0.05, 0) is 29.8 Å². The largest absolute Gasteiger partial charge is 0.506 e. The molecule has 2 amide bonds. The summed E-state index contributed by atoms with van der Waals surface area (Å²) in [5.41, 5.74) is 1.28. The van der Waals surface area contributed by atoms with Crippen molar-refractivity contribution >= 4 is 17.7 Å². The molecule has 0 bridgehead atoms. The number of anilines is 1. The van der Waals surface area contributed by atoms with Crippen LogP contribution < -0.4 is 10.6 Å². The molecule has 2 aromatic rings. The number of hydrogen-bond donors (Lipinski definition) is 4. The van der Waals surface area contributed by atoms with Gasteiger partial charge < -0.3 is 20.8 Å². The SMILES string of the molecule is O=C(NCc1ccc(C(=O)O)cc1)Nc1ccccc1O. The van der Waals surface area contributed by atoms with Crippen molar-refractivity contribution in [1.29, 1.82) is 0 Å². The Morgan fingerprint density at radius 3 is 2.29 bits per heavy atom. The number of aromatic carboxylic acids is 1. The van der Waals surface area contributed by atoms with Crippen LogP contribution >= 0.6 is 0 Å². The van der Waals surface area contributed by atoms with E-state index >= 15 is 0 Å². The molecule has 0 atom stereocenters. The van der Waals surface area contributed by atoms with Gasteiger partial charge in [-0.25, -0.2) is 9.59 Å². The average molecular weight is 286 g/mol. The lowest BCUT2D eigenvalue weighted by Crippen LogP contribution is -2.28. The van der Waals surface area contributed by atoms with Crippen LogP contribution in [0.25, 0.3) is 0 Å². The highest BCUT2D eigenvalue weighted by Gasteiger charge is 2.06. The number of benzene rings is 2. The molecule has 108 valence electrons. The quantitative estimate of drug-likeness (QED) is 0.649. The monoisotopic (exact) mass is 286 g/mol. The van der Waals surface area contributed by atoms with Crippen molar-refractivity contribution in [3.8, 4) is 5.75 Å². The highest BCUT2D eigenvalue weighted by Crippen LogP contribution is 2.21.